The summed E-state index contributed by atoms with van der Waals surface area (Å²) >= 11 is 0. The van der Waals surface area contributed by atoms with Crippen LogP contribution in [0.3, 0.4) is 0 Å². The average molecular weight is 409 g/mol. The number of fused-ring (bicyclic) bond motifs is 1. The molecule has 160 valence electrons. The molecule has 6 heteroatoms. The summed E-state index contributed by atoms with van der Waals surface area (Å²) in [7, 11) is 2.16. The minimum Gasteiger partial charge on any atom is -0.491 e. The number of likely N-dealkylation sites (N-methyl/N-ethyl adjacent to an activating group) is 1. The lowest BCUT2D eigenvalue weighted by atomic mass is 9.99. The van der Waals surface area contributed by atoms with Crippen molar-refractivity contribution in [1.82, 2.24) is 15.2 Å². The Morgan fingerprint density at radius 1 is 1.20 bits per heavy atom. The molecule has 2 aliphatic heterocycles. The number of carbonyl (C=O) groups is 1. The second-order valence-corrected chi connectivity index (χ2v) is 8.38. The van der Waals surface area contributed by atoms with Gasteiger partial charge >= 0.3 is 0 Å². The number of unbranched alkanes of at least 4 members (excludes halogenated alkanes) is 1. The van der Waals surface area contributed by atoms with Gasteiger partial charge in [0.25, 0.3) is 5.91 Å². The number of piperazine rings is 1. The summed E-state index contributed by atoms with van der Waals surface area (Å²) in [5, 5.41) is 3.12. The standard InChI is InChI=1S/C24H32N4O2/c1-3-4-6-18-9-10-21(25-16-18)24(29)26-19-15-20-22(7-5-8-23(20)30-17-19)28-13-11-27(2)12-14-28/h5,7-10,16,19H,3-4,6,11-15,17H2,1-2H3,(H,26,29)/t19-/m0/s1. The van der Waals surface area contributed by atoms with Crippen LogP contribution in [-0.4, -0.2) is 61.7 Å². The fraction of sp³-hybridized carbons (Fsp3) is 0.500. The van der Waals surface area contributed by atoms with Crippen LogP contribution >= 0.6 is 0 Å². The van der Waals surface area contributed by atoms with Gasteiger partial charge in [-0.1, -0.05) is 25.5 Å². The highest BCUT2D eigenvalue weighted by Gasteiger charge is 2.27. The van der Waals surface area contributed by atoms with Crippen molar-refractivity contribution in [2.45, 2.75) is 38.6 Å². The van der Waals surface area contributed by atoms with Crippen LogP contribution in [-0.2, 0) is 12.8 Å². The van der Waals surface area contributed by atoms with Crippen molar-refractivity contribution < 1.29 is 9.53 Å². The molecule has 0 saturated carbocycles. The third kappa shape index (κ3) is 4.75. The van der Waals surface area contributed by atoms with Crippen LogP contribution in [0.5, 0.6) is 5.75 Å². The van der Waals surface area contributed by atoms with Crippen molar-refractivity contribution >= 4 is 11.6 Å². The first-order valence-corrected chi connectivity index (χ1v) is 11.1. The molecule has 30 heavy (non-hydrogen) atoms. The van der Waals surface area contributed by atoms with Gasteiger partial charge in [-0.15, -0.1) is 0 Å². The highest BCUT2D eigenvalue weighted by atomic mass is 16.5. The van der Waals surface area contributed by atoms with Gasteiger partial charge in [-0.25, -0.2) is 0 Å². The molecule has 1 amide bonds. The molecule has 1 fully saturated rings. The number of pyridine rings is 1. The van der Waals surface area contributed by atoms with E-state index in [4.69, 9.17) is 4.74 Å². The van der Waals surface area contributed by atoms with Crippen molar-refractivity contribution in [3.05, 3.63) is 53.3 Å². The van der Waals surface area contributed by atoms with Gasteiger partial charge < -0.3 is 19.9 Å². The molecular formula is C24H32N4O2. The zero-order valence-electron chi connectivity index (χ0n) is 18.1. The third-order valence-corrected chi connectivity index (χ3v) is 6.05. The summed E-state index contributed by atoms with van der Waals surface area (Å²) in [5.74, 6) is 0.807. The molecule has 1 N–H and O–H groups in total. The molecule has 0 bridgehead atoms. The van der Waals surface area contributed by atoms with Crippen LogP contribution in [0.1, 0.15) is 41.4 Å². The second-order valence-electron chi connectivity index (χ2n) is 8.38. The van der Waals surface area contributed by atoms with Crippen molar-refractivity contribution in [3.8, 4) is 5.75 Å². The number of nitrogens with one attached hydrogen (secondary N) is 1. The zero-order valence-corrected chi connectivity index (χ0v) is 18.1. The number of amides is 1. The van der Waals surface area contributed by atoms with E-state index >= 15 is 0 Å². The first-order chi connectivity index (χ1) is 14.6. The lowest BCUT2D eigenvalue weighted by Gasteiger charge is -2.37. The summed E-state index contributed by atoms with van der Waals surface area (Å²) in [5.41, 5.74) is 4.08. The fourth-order valence-electron chi connectivity index (χ4n) is 4.17. The molecule has 1 aromatic heterocycles. The molecule has 2 aliphatic rings. The number of hydrogen-bond acceptors (Lipinski definition) is 5. The first kappa shape index (κ1) is 20.7. The maximum atomic E-state index is 12.7. The molecule has 0 radical (unpaired) electrons. The summed E-state index contributed by atoms with van der Waals surface area (Å²) in [6.07, 6.45) is 5.90. The van der Waals surface area contributed by atoms with Gasteiger partial charge in [0.15, 0.2) is 0 Å². The Hall–Kier alpha value is -2.60. The molecule has 4 rings (SSSR count). The largest absolute Gasteiger partial charge is 0.491 e. The van der Waals surface area contributed by atoms with E-state index < -0.39 is 0 Å². The minimum atomic E-state index is -0.133. The van der Waals surface area contributed by atoms with Crippen molar-refractivity contribution in [1.29, 1.82) is 0 Å². The van der Waals surface area contributed by atoms with Gasteiger partial charge in [-0.2, -0.15) is 0 Å². The Kier molecular flexibility index (Phi) is 6.53. The Labute approximate surface area is 179 Å². The fourth-order valence-corrected chi connectivity index (χ4v) is 4.17. The van der Waals surface area contributed by atoms with Crippen LogP contribution in [0.15, 0.2) is 36.5 Å². The number of hydrogen-bond donors (Lipinski definition) is 1. The lowest BCUT2D eigenvalue weighted by molar-refractivity contribution is 0.0910. The third-order valence-electron chi connectivity index (χ3n) is 6.05. The van der Waals surface area contributed by atoms with E-state index in [9.17, 15) is 4.79 Å². The predicted octanol–water partition coefficient (Wildman–Crippen LogP) is 2.91. The highest BCUT2D eigenvalue weighted by molar-refractivity contribution is 5.92. The highest BCUT2D eigenvalue weighted by Crippen LogP contribution is 2.34. The number of anilines is 1. The van der Waals surface area contributed by atoms with E-state index in [1.54, 1.807) is 0 Å². The minimum absolute atomic E-state index is 0.0554. The van der Waals surface area contributed by atoms with E-state index in [0.717, 1.165) is 57.6 Å². The number of aryl methyl sites for hydroxylation is 1. The quantitative estimate of drug-likeness (QED) is 0.797. The molecule has 0 unspecified atom stereocenters. The Morgan fingerprint density at radius 2 is 2.03 bits per heavy atom. The van der Waals surface area contributed by atoms with Crippen molar-refractivity contribution in [2.75, 3.05) is 44.7 Å². The predicted molar refractivity (Wildman–Crippen MR) is 119 cm³/mol. The van der Waals surface area contributed by atoms with Gasteiger partial charge in [-0.3, -0.25) is 9.78 Å². The summed E-state index contributed by atoms with van der Waals surface area (Å²) < 4.78 is 6.02. The van der Waals surface area contributed by atoms with Crippen molar-refractivity contribution in [3.63, 3.8) is 0 Å². The molecule has 2 aromatic rings. The maximum Gasteiger partial charge on any atom is 0.270 e. The van der Waals surface area contributed by atoms with Gasteiger partial charge in [-0.05, 0) is 43.7 Å². The molecule has 6 nitrogen and oxygen atoms in total. The van der Waals surface area contributed by atoms with Gasteiger partial charge in [0.05, 0.1) is 6.04 Å². The SMILES string of the molecule is CCCCc1ccc(C(=O)N[C@@H]2COc3cccc(N4CCN(C)CC4)c3C2)nc1. The monoisotopic (exact) mass is 408 g/mol. The van der Waals surface area contributed by atoms with Gasteiger partial charge in [0.2, 0.25) is 0 Å². The van der Waals surface area contributed by atoms with Crippen LogP contribution in [0.25, 0.3) is 0 Å². The van der Waals surface area contributed by atoms with Crippen LogP contribution in [0.2, 0.25) is 0 Å². The zero-order chi connectivity index (χ0) is 20.9. The second kappa shape index (κ2) is 9.47. The Balaban J connectivity index is 1.42. The summed E-state index contributed by atoms with van der Waals surface area (Å²) in [4.78, 5) is 21.9. The molecular weight excluding hydrogens is 376 g/mol. The average Bonchev–Trinajstić information content (AvgIpc) is 2.78. The Bertz CT molecular complexity index is 860. The van der Waals surface area contributed by atoms with Gasteiger partial charge in [0, 0.05) is 50.0 Å². The first-order valence-electron chi connectivity index (χ1n) is 11.1. The Morgan fingerprint density at radius 3 is 2.77 bits per heavy atom. The van der Waals surface area contributed by atoms with E-state index in [0.29, 0.717) is 12.3 Å². The molecule has 1 aromatic carbocycles. The summed E-state index contributed by atoms with van der Waals surface area (Å²) in [6.45, 7) is 6.81. The molecule has 3 heterocycles. The van der Waals surface area contributed by atoms with Crippen molar-refractivity contribution in [2.24, 2.45) is 0 Å². The molecule has 1 saturated heterocycles. The number of aromatic nitrogens is 1. The summed E-state index contributed by atoms with van der Waals surface area (Å²) in [6, 6.07) is 10.1. The van der Waals surface area contributed by atoms with E-state index in [1.165, 1.54) is 16.8 Å². The number of benzene rings is 1. The van der Waals surface area contributed by atoms with Crippen LogP contribution < -0.4 is 15.0 Å². The number of carbonyl (C=O) groups excluding carboxylic acids is 1. The number of nitrogens with zero attached hydrogens (tertiary/aromatic N) is 3. The van der Waals surface area contributed by atoms with Crippen LogP contribution in [0, 0.1) is 0 Å². The van der Waals surface area contributed by atoms with E-state index in [1.807, 2.05) is 24.4 Å². The lowest BCUT2D eigenvalue weighted by Crippen LogP contribution is -2.46. The molecule has 0 aliphatic carbocycles. The number of rotatable bonds is 6. The number of ether oxygens (including phenoxy) is 1. The van der Waals surface area contributed by atoms with Gasteiger partial charge in [0.1, 0.15) is 18.1 Å². The van der Waals surface area contributed by atoms with E-state index in [-0.39, 0.29) is 11.9 Å². The smallest absolute Gasteiger partial charge is 0.270 e. The molecule has 1 atom stereocenters. The van der Waals surface area contributed by atoms with Crippen LogP contribution in [0.4, 0.5) is 5.69 Å². The maximum absolute atomic E-state index is 12.7. The topological polar surface area (TPSA) is 57.7 Å². The molecule has 0 spiro atoms. The van der Waals surface area contributed by atoms with E-state index in [2.05, 4.69) is 46.2 Å². The normalized spacial score (nSPS) is 19.1.